The molecule has 2 nitrogen and oxygen atoms in total. The van der Waals surface area contributed by atoms with E-state index in [4.69, 9.17) is 16.3 Å². The van der Waals surface area contributed by atoms with Crippen molar-refractivity contribution < 1.29 is 13.5 Å². The van der Waals surface area contributed by atoms with Gasteiger partial charge in [-0.25, -0.2) is 9.37 Å². The van der Waals surface area contributed by atoms with Crippen molar-refractivity contribution in [1.82, 2.24) is 4.98 Å². The van der Waals surface area contributed by atoms with Crippen molar-refractivity contribution in [3.05, 3.63) is 58.4 Å². The van der Waals surface area contributed by atoms with E-state index in [0.717, 1.165) is 0 Å². The third-order valence-corrected chi connectivity index (χ3v) is 2.80. The first-order valence-electron chi connectivity index (χ1n) is 5.23. The summed E-state index contributed by atoms with van der Waals surface area (Å²) in [5.41, 5.74) is 1.08. The van der Waals surface area contributed by atoms with Crippen LogP contribution in [0.5, 0.6) is 5.75 Å². The first-order valence-corrected chi connectivity index (χ1v) is 5.61. The Morgan fingerprint density at radius 2 is 2.11 bits per heavy atom. The second-order valence-electron chi connectivity index (χ2n) is 3.73. The molecule has 5 heteroatoms. The Hall–Kier alpha value is -1.68. The Balaban J connectivity index is 2.31. The maximum atomic E-state index is 13.7. The molecule has 0 aliphatic rings. The molecule has 2 aromatic rings. The predicted molar refractivity (Wildman–Crippen MR) is 65.0 cm³/mol. The SMILES string of the molecule is COc1cc(Cc2cccc(Cl)c2F)cnc1F. The van der Waals surface area contributed by atoms with Gasteiger partial charge in [-0.05, 0) is 23.3 Å². The molecule has 0 spiro atoms. The average Bonchev–Trinajstić information content (AvgIpc) is 2.37. The lowest BCUT2D eigenvalue weighted by atomic mass is 10.1. The fourth-order valence-corrected chi connectivity index (χ4v) is 1.81. The Bertz CT molecular complexity index is 575. The molecular formula is C13H10ClF2NO. The predicted octanol–water partition coefficient (Wildman–Crippen LogP) is 3.61. The molecule has 0 aliphatic heterocycles. The number of pyridine rings is 1. The van der Waals surface area contributed by atoms with Crippen LogP contribution in [0.1, 0.15) is 11.1 Å². The van der Waals surface area contributed by atoms with Crippen molar-refractivity contribution in [3.63, 3.8) is 0 Å². The zero-order valence-corrected chi connectivity index (χ0v) is 10.3. The smallest absolute Gasteiger partial charge is 0.255 e. The number of ether oxygens (including phenoxy) is 1. The van der Waals surface area contributed by atoms with Crippen LogP contribution in [0.2, 0.25) is 5.02 Å². The first-order chi connectivity index (χ1) is 8.61. The van der Waals surface area contributed by atoms with Gasteiger partial charge in [0.25, 0.3) is 5.95 Å². The fourth-order valence-electron chi connectivity index (χ4n) is 1.61. The summed E-state index contributed by atoms with van der Waals surface area (Å²) in [4.78, 5) is 3.55. The van der Waals surface area contributed by atoms with Gasteiger partial charge in [0, 0.05) is 12.6 Å². The lowest BCUT2D eigenvalue weighted by Gasteiger charge is -2.06. The Kier molecular flexibility index (Phi) is 3.77. The zero-order chi connectivity index (χ0) is 13.1. The molecule has 1 aromatic carbocycles. The topological polar surface area (TPSA) is 22.1 Å². The summed E-state index contributed by atoms with van der Waals surface area (Å²) in [6.45, 7) is 0. The van der Waals surface area contributed by atoms with Crippen LogP contribution in [0, 0.1) is 11.8 Å². The van der Waals surface area contributed by atoms with Gasteiger partial charge < -0.3 is 4.74 Å². The van der Waals surface area contributed by atoms with Crippen molar-refractivity contribution in [1.29, 1.82) is 0 Å². The number of rotatable bonds is 3. The van der Waals surface area contributed by atoms with Crippen molar-refractivity contribution in [2.45, 2.75) is 6.42 Å². The standard InChI is InChI=1S/C13H10ClF2NO/c1-18-11-6-8(7-17-13(11)16)5-9-3-2-4-10(14)12(9)15/h2-4,6-7H,5H2,1H3. The summed E-state index contributed by atoms with van der Waals surface area (Å²) < 4.78 is 31.6. The molecule has 0 N–H and O–H groups in total. The highest BCUT2D eigenvalue weighted by atomic mass is 35.5. The van der Waals surface area contributed by atoms with E-state index in [1.165, 1.54) is 25.4 Å². The number of benzene rings is 1. The quantitative estimate of drug-likeness (QED) is 0.794. The summed E-state index contributed by atoms with van der Waals surface area (Å²) in [7, 11) is 1.35. The Morgan fingerprint density at radius 3 is 2.83 bits per heavy atom. The van der Waals surface area contributed by atoms with E-state index in [-0.39, 0.29) is 17.2 Å². The van der Waals surface area contributed by atoms with Crippen LogP contribution in [-0.2, 0) is 6.42 Å². The number of methoxy groups -OCH3 is 1. The van der Waals surface area contributed by atoms with Crippen LogP contribution in [0.15, 0.2) is 30.5 Å². The van der Waals surface area contributed by atoms with Crippen LogP contribution >= 0.6 is 11.6 Å². The van der Waals surface area contributed by atoms with Crippen LogP contribution in [0.3, 0.4) is 0 Å². The molecule has 94 valence electrons. The molecule has 1 heterocycles. The van der Waals surface area contributed by atoms with Gasteiger partial charge in [0.15, 0.2) is 5.75 Å². The molecule has 18 heavy (non-hydrogen) atoms. The highest BCUT2D eigenvalue weighted by Gasteiger charge is 2.10. The summed E-state index contributed by atoms with van der Waals surface area (Å²) in [6.07, 6.45) is 1.62. The van der Waals surface area contributed by atoms with Gasteiger partial charge in [-0.1, -0.05) is 23.7 Å². The van der Waals surface area contributed by atoms with Gasteiger partial charge in [-0.3, -0.25) is 0 Å². The minimum Gasteiger partial charge on any atom is -0.492 e. The van der Waals surface area contributed by atoms with E-state index in [2.05, 4.69) is 4.98 Å². The normalized spacial score (nSPS) is 10.4. The van der Waals surface area contributed by atoms with Crippen LogP contribution in [-0.4, -0.2) is 12.1 Å². The highest BCUT2D eigenvalue weighted by molar-refractivity contribution is 6.30. The van der Waals surface area contributed by atoms with Crippen molar-refractivity contribution in [2.24, 2.45) is 0 Å². The molecule has 0 radical (unpaired) electrons. The Labute approximate surface area is 108 Å². The minimum atomic E-state index is -0.687. The third kappa shape index (κ3) is 2.59. The maximum absolute atomic E-state index is 13.7. The lowest BCUT2D eigenvalue weighted by Crippen LogP contribution is -1.97. The molecule has 0 amide bonds. The van der Waals surface area contributed by atoms with E-state index in [1.54, 1.807) is 12.1 Å². The molecule has 2 rings (SSSR count). The number of aromatic nitrogens is 1. The average molecular weight is 270 g/mol. The zero-order valence-electron chi connectivity index (χ0n) is 9.58. The van der Waals surface area contributed by atoms with Gasteiger partial charge in [0.1, 0.15) is 5.82 Å². The monoisotopic (exact) mass is 269 g/mol. The van der Waals surface area contributed by atoms with E-state index in [1.807, 2.05) is 0 Å². The molecule has 0 saturated carbocycles. The number of hydrogen-bond acceptors (Lipinski definition) is 2. The second-order valence-corrected chi connectivity index (χ2v) is 4.13. The summed E-state index contributed by atoms with van der Waals surface area (Å²) in [6, 6.07) is 6.25. The summed E-state index contributed by atoms with van der Waals surface area (Å²) in [5.74, 6) is -1.12. The highest BCUT2D eigenvalue weighted by Crippen LogP contribution is 2.22. The van der Waals surface area contributed by atoms with Crippen LogP contribution in [0.4, 0.5) is 8.78 Å². The molecule has 0 unspecified atom stereocenters. The van der Waals surface area contributed by atoms with Crippen molar-refractivity contribution in [3.8, 4) is 5.75 Å². The van der Waals surface area contributed by atoms with Gasteiger partial charge in [0.2, 0.25) is 0 Å². The fraction of sp³-hybridized carbons (Fsp3) is 0.154. The van der Waals surface area contributed by atoms with Crippen LogP contribution in [0.25, 0.3) is 0 Å². The molecule has 0 aliphatic carbocycles. The van der Waals surface area contributed by atoms with E-state index >= 15 is 0 Å². The van der Waals surface area contributed by atoms with Gasteiger partial charge in [-0.15, -0.1) is 0 Å². The molecule has 0 fully saturated rings. The second kappa shape index (κ2) is 5.31. The third-order valence-electron chi connectivity index (χ3n) is 2.51. The molecule has 1 aromatic heterocycles. The van der Waals surface area contributed by atoms with E-state index in [0.29, 0.717) is 11.1 Å². The minimum absolute atomic E-state index is 0.0370. The molecule has 0 saturated heterocycles. The lowest BCUT2D eigenvalue weighted by molar-refractivity contribution is 0.377. The van der Waals surface area contributed by atoms with Gasteiger partial charge >= 0.3 is 0 Å². The van der Waals surface area contributed by atoms with E-state index < -0.39 is 11.8 Å². The van der Waals surface area contributed by atoms with E-state index in [9.17, 15) is 8.78 Å². The largest absolute Gasteiger partial charge is 0.492 e. The summed E-state index contributed by atoms with van der Waals surface area (Å²) in [5, 5.41) is 0.0644. The van der Waals surface area contributed by atoms with Crippen LogP contribution < -0.4 is 4.74 Å². The number of halogens is 3. The maximum Gasteiger partial charge on any atom is 0.255 e. The molecule has 0 bridgehead atoms. The van der Waals surface area contributed by atoms with Gasteiger partial charge in [0.05, 0.1) is 12.1 Å². The number of hydrogen-bond donors (Lipinski definition) is 0. The molecular weight excluding hydrogens is 260 g/mol. The Morgan fingerprint density at radius 1 is 1.33 bits per heavy atom. The summed E-state index contributed by atoms with van der Waals surface area (Å²) >= 11 is 5.69. The number of nitrogens with zero attached hydrogens (tertiary/aromatic N) is 1. The first kappa shape index (κ1) is 12.8. The molecule has 0 atom stereocenters. The van der Waals surface area contributed by atoms with Gasteiger partial charge in [-0.2, -0.15) is 4.39 Å². The van der Waals surface area contributed by atoms with Crippen molar-refractivity contribution >= 4 is 11.6 Å². The van der Waals surface area contributed by atoms with Crippen molar-refractivity contribution in [2.75, 3.05) is 7.11 Å².